The quantitative estimate of drug-likeness (QED) is 0.874. The molecule has 0 aliphatic rings. The van der Waals surface area contributed by atoms with Gasteiger partial charge in [-0.1, -0.05) is 18.2 Å². The largest absolute Gasteiger partial charge is 0.309 e. The second kappa shape index (κ2) is 6.26. The lowest BCUT2D eigenvalue weighted by Crippen LogP contribution is -2.22. The van der Waals surface area contributed by atoms with Crippen molar-refractivity contribution in [3.63, 3.8) is 0 Å². The average molecular weight is 244 g/mol. The molecule has 94 valence electrons. The summed E-state index contributed by atoms with van der Waals surface area (Å²) in [5.41, 5.74) is 2.17. The molecule has 0 amide bonds. The summed E-state index contributed by atoms with van der Waals surface area (Å²) in [5.74, 6) is -0.187. The maximum atomic E-state index is 12.7. The number of aromatic nitrogens is 1. The molecule has 1 atom stereocenters. The van der Waals surface area contributed by atoms with Crippen molar-refractivity contribution in [2.45, 2.75) is 19.4 Å². The summed E-state index contributed by atoms with van der Waals surface area (Å²) in [7, 11) is 0. The van der Waals surface area contributed by atoms with Crippen molar-refractivity contribution in [1.29, 1.82) is 0 Å². The number of nitrogens with zero attached hydrogens (tertiary/aromatic N) is 1. The fourth-order valence-corrected chi connectivity index (χ4v) is 1.82. The molecule has 1 unspecified atom stereocenters. The van der Waals surface area contributed by atoms with Gasteiger partial charge in [0.25, 0.3) is 0 Å². The fraction of sp³-hybridized carbons (Fsp3) is 0.267. The SMILES string of the molecule is CC(NCCc1ccc(F)cc1)c1ccccn1. The minimum Gasteiger partial charge on any atom is -0.309 e. The minimum absolute atomic E-state index is 0.187. The Kier molecular flexibility index (Phi) is 4.42. The van der Waals surface area contributed by atoms with Gasteiger partial charge in [-0.2, -0.15) is 0 Å². The van der Waals surface area contributed by atoms with Crippen LogP contribution in [-0.2, 0) is 6.42 Å². The smallest absolute Gasteiger partial charge is 0.123 e. The summed E-state index contributed by atoms with van der Waals surface area (Å²) in [6, 6.07) is 12.8. The Labute approximate surface area is 107 Å². The molecule has 0 saturated heterocycles. The van der Waals surface area contributed by atoms with Crippen LogP contribution in [0.3, 0.4) is 0 Å². The number of benzene rings is 1. The lowest BCUT2D eigenvalue weighted by molar-refractivity contribution is 0.563. The number of hydrogen-bond acceptors (Lipinski definition) is 2. The summed E-state index contributed by atoms with van der Waals surface area (Å²) in [5, 5.41) is 3.41. The van der Waals surface area contributed by atoms with Crippen LogP contribution in [0.5, 0.6) is 0 Å². The standard InChI is InChI=1S/C15H17FN2/c1-12(15-4-2-3-10-18-15)17-11-9-13-5-7-14(16)8-6-13/h2-8,10,12,17H,9,11H2,1H3. The number of nitrogens with one attached hydrogen (secondary N) is 1. The van der Waals surface area contributed by atoms with E-state index in [0.29, 0.717) is 0 Å². The first-order valence-corrected chi connectivity index (χ1v) is 6.14. The summed E-state index contributed by atoms with van der Waals surface area (Å²) >= 11 is 0. The third-order valence-corrected chi connectivity index (χ3v) is 2.91. The molecule has 2 nitrogen and oxygen atoms in total. The first-order chi connectivity index (χ1) is 8.75. The number of rotatable bonds is 5. The second-order valence-electron chi connectivity index (χ2n) is 4.31. The van der Waals surface area contributed by atoms with E-state index >= 15 is 0 Å². The van der Waals surface area contributed by atoms with Crippen LogP contribution in [0, 0.1) is 5.82 Å². The molecule has 0 aliphatic carbocycles. The molecule has 1 aromatic heterocycles. The summed E-state index contributed by atoms with van der Waals surface area (Å²) < 4.78 is 12.7. The van der Waals surface area contributed by atoms with Crippen molar-refractivity contribution in [3.05, 3.63) is 65.7 Å². The van der Waals surface area contributed by atoms with E-state index in [9.17, 15) is 4.39 Å². The highest BCUT2D eigenvalue weighted by atomic mass is 19.1. The van der Waals surface area contributed by atoms with Crippen LogP contribution in [0.1, 0.15) is 24.2 Å². The van der Waals surface area contributed by atoms with Gasteiger partial charge in [-0.05, 0) is 49.7 Å². The Bertz CT molecular complexity index is 468. The molecule has 1 N–H and O–H groups in total. The van der Waals surface area contributed by atoms with E-state index in [0.717, 1.165) is 24.2 Å². The third kappa shape index (κ3) is 3.64. The monoisotopic (exact) mass is 244 g/mol. The van der Waals surface area contributed by atoms with Crippen LogP contribution in [-0.4, -0.2) is 11.5 Å². The fourth-order valence-electron chi connectivity index (χ4n) is 1.82. The third-order valence-electron chi connectivity index (χ3n) is 2.91. The molecule has 1 heterocycles. The van der Waals surface area contributed by atoms with Crippen LogP contribution in [0.2, 0.25) is 0 Å². The zero-order valence-corrected chi connectivity index (χ0v) is 10.4. The number of hydrogen-bond donors (Lipinski definition) is 1. The molecule has 0 fully saturated rings. The molecule has 2 aromatic rings. The molecule has 0 saturated carbocycles. The van der Waals surface area contributed by atoms with E-state index in [4.69, 9.17) is 0 Å². The number of halogens is 1. The molecule has 3 heteroatoms. The molecule has 1 aromatic carbocycles. The lowest BCUT2D eigenvalue weighted by Gasteiger charge is -2.13. The highest BCUT2D eigenvalue weighted by Gasteiger charge is 2.04. The van der Waals surface area contributed by atoms with Crippen molar-refractivity contribution in [3.8, 4) is 0 Å². The minimum atomic E-state index is -0.187. The van der Waals surface area contributed by atoms with E-state index in [1.54, 1.807) is 6.20 Å². The summed E-state index contributed by atoms with van der Waals surface area (Å²) in [6.07, 6.45) is 2.69. The molecule has 2 rings (SSSR count). The highest BCUT2D eigenvalue weighted by Crippen LogP contribution is 2.08. The topological polar surface area (TPSA) is 24.9 Å². The van der Waals surface area contributed by atoms with Gasteiger partial charge in [-0.15, -0.1) is 0 Å². The Hall–Kier alpha value is -1.74. The first kappa shape index (κ1) is 12.7. The Morgan fingerprint density at radius 1 is 1.17 bits per heavy atom. The van der Waals surface area contributed by atoms with Gasteiger partial charge < -0.3 is 5.32 Å². The predicted octanol–water partition coefficient (Wildman–Crippen LogP) is 3.11. The van der Waals surface area contributed by atoms with Crippen LogP contribution in [0.4, 0.5) is 4.39 Å². The van der Waals surface area contributed by atoms with Crippen molar-refractivity contribution in [1.82, 2.24) is 10.3 Å². The van der Waals surface area contributed by atoms with E-state index in [2.05, 4.69) is 17.2 Å². The molecule has 18 heavy (non-hydrogen) atoms. The molecule has 0 radical (unpaired) electrons. The van der Waals surface area contributed by atoms with Crippen LogP contribution in [0.25, 0.3) is 0 Å². The first-order valence-electron chi connectivity index (χ1n) is 6.14. The van der Waals surface area contributed by atoms with E-state index in [1.165, 1.54) is 12.1 Å². The van der Waals surface area contributed by atoms with Gasteiger partial charge >= 0.3 is 0 Å². The van der Waals surface area contributed by atoms with E-state index in [1.807, 2.05) is 30.3 Å². The molecule has 0 aliphatic heterocycles. The Morgan fingerprint density at radius 3 is 2.61 bits per heavy atom. The average Bonchev–Trinajstić information content (AvgIpc) is 2.42. The summed E-state index contributed by atoms with van der Waals surface area (Å²) in [6.45, 7) is 2.94. The van der Waals surface area contributed by atoms with Crippen LogP contribution < -0.4 is 5.32 Å². The number of pyridine rings is 1. The summed E-state index contributed by atoms with van der Waals surface area (Å²) in [4.78, 5) is 4.30. The zero-order chi connectivity index (χ0) is 12.8. The molecule has 0 spiro atoms. The zero-order valence-electron chi connectivity index (χ0n) is 10.4. The molecular weight excluding hydrogens is 227 g/mol. The van der Waals surface area contributed by atoms with Gasteiger partial charge in [-0.25, -0.2) is 4.39 Å². The Balaban J connectivity index is 1.80. The van der Waals surface area contributed by atoms with E-state index in [-0.39, 0.29) is 11.9 Å². The van der Waals surface area contributed by atoms with Gasteiger partial charge in [-0.3, -0.25) is 4.98 Å². The van der Waals surface area contributed by atoms with Gasteiger partial charge in [0, 0.05) is 12.2 Å². The lowest BCUT2D eigenvalue weighted by atomic mass is 10.1. The van der Waals surface area contributed by atoms with Crippen molar-refractivity contribution in [2.75, 3.05) is 6.54 Å². The van der Waals surface area contributed by atoms with Gasteiger partial charge in [0.1, 0.15) is 5.82 Å². The molecular formula is C15H17FN2. The van der Waals surface area contributed by atoms with Crippen molar-refractivity contribution < 1.29 is 4.39 Å². The predicted molar refractivity (Wildman–Crippen MR) is 70.8 cm³/mol. The molecule has 0 bridgehead atoms. The highest BCUT2D eigenvalue weighted by molar-refractivity contribution is 5.16. The normalized spacial score (nSPS) is 12.3. The maximum absolute atomic E-state index is 12.7. The van der Waals surface area contributed by atoms with Gasteiger partial charge in [0.2, 0.25) is 0 Å². The van der Waals surface area contributed by atoms with Crippen molar-refractivity contribution >= 4 is 0 Å². The van der Waals surface area contributed by atoms with Crippen LogP contribution in [0.15, 0.2) is 48.7 Å². The van der Waals surface area contributed by atoms with Crippen LogP contribution >= 0.6 is 0 Å². The second-order valence-corrected chi connectivity index (χ2v) is 4.31. The Morgan fingerprint density at radius 2 is 1.94 bits per heavy atom. The van der Waals surface area contributed by atoms with Gasteiger partial charge in [0.15, 0.2) is 0 Å². The van der Waals surface area contributed by atoms with E-state index < -0.39 is 0 Å². The van der Waals surface area contributed by atoms with Crippen molar-refractivity contribution in [2.24, 2.45) is 0 Å². The van der Waals surface area contributed by atoms with Gasteiger partial charge in [0.05, 0.1) is 5.69 Å². The maximum Gasteiger partial charge on any atom is 0.123 e.